The Balaban J connectivity index is 2.39. The van der Waals surface area contributed by atoms with Gasteiger partial charge in [0.1, 0.15) is 0 Å². The number of carbonyl (C=O) groups excluding carboxylic acids is 1. The van der Waals surface area contributed by atoms with E-state index in [1.54, 1.807) is 54.6 Å². The first kappa shape index (κ1) is 14.0. The van der Waals surface area contributed by atoms with Crippen molar-refractivity contribution in [1.82, 2.24) is 0 Å². The summed E-state index contributed by atoms with van der Waals surface area (Å²) in [6.45, 7) is 0. The molecule has 2 aromatic rings. The Kier molecular flexibility index (Phi) is 4.27. The number of carbonyl (C=O) groups is 1. The zero-order valence-corrected chi connectivity index (χ0v) is 11.1. The molecule has 0 atom stereocenters. The van der Waals surface area contributed by atoms with E-state index < -0.39 is 16.4 Å². The van der Waals surface area contributed by atoms with Crippen molar-refractivity contribution in [3.63, 3.8) is 0 Å². The third-order valence-electron chi connectivity index (χ3n) is 2.64. The Bertz CT molecular complexity index is 663. The number of Topliss-reactive ketones (excluding diaryl/α,β-unsaturated/α-hetero) is 1. The summed E-state index contributed by atoms with van der Waals surface area (Å²) >= 11 is 5.75. The molecule has 0 radical (unpaired) electrons. The van der Waals surface area contributed by atoms with E-state index in [1.807, 2.05) is 0 Å². The molecule has 0 amide bonds. The van der Waals surface area contributed by atoms with E-state index in [4.69, 9.17) is 11.6 Å². The van der Waals surface area contributed by atoms with Crippen LogP contribution in [0.25, 0.3) is 6.08 Å². The van der Waals surface area contributed by atoms with Crippen LogP contribution in [0.5, 0.6) is 0 Å². The summed E-state index contributed by atoms with van der Waals surface area (Å²) in [5, 5.41) is 11.6. The number of halogens is 1. The van der Waals surface area contributed by atoms with Crippen LogP contribution in [0.2, 0.25) is 5.02 Å². The smallest absolute Gasteiger partial charge is 0.282 e. The van der Waals surface area contributed by atoms with Gasteiger partial charge in [-0.25, -0.2) is 0 Å². The second kappa shape index (κ2) is 6.12. The predicted molar refractivity (Wildman–Crippen MR) is 77.2 cm³/mol. The molecule has 0 spiro atoms. The Morgan fingerprint density at radius 3 is 2.20 bits per heavy atom. The van der Waals surface area contributed by atoms with Crippen molar-refractivity contribution in [3.8, 4) is 0 Å². The van der Waals surface area contributed by atoms with Crippen LogP contribution in [0.3, 0.4) is 0 Å². The topological polar surface area (TPSA) is 60.2 Å². The normalized spacial score (nSPS) is 11.2. The molecule has 0 aliphatic heterocycles. The number of nitro groups is 1. The summed E-state index contributed by atoms with van der Waals surface area (Å²) in [5.74, 6) is -0.620. The molecule has 0 saturated carbocycles. The first-order valence-electron chi connectivity index (χ1n) is 5.79. The van der Waals surface area contributed by atoms with E-state index in [1.165, 1.54) is 6.08 Å². The minimum Gasteiger partial charge on any atom is -0.282 e. The van der Waals surface area contributed by atoms with Gasteiger partial charge in [0.15, 0.2) is 0 Å². The number of nitrogens with zero attached hydrogens (tertiary/aromatic N) is 1. The molecule has 0 N–H and O–H groups in total. The molecular weight excluding hydrogens is 278 g/mol. The van der Waals surface area contributed by atoms with Crippen LogP contribution in [0.15, 0.2) is 60.3 Å². The van der Waals surface area contributed by atoms with Gasteiger partial charge < -0.3 is 0 Å². The van der Waals surface area contributed by atoms with E-state index in [0.29, 0.717) is 10.6 Å². The molecule has 5 heteroatoms. The highest BCUT2D eigenvalue weighted by molar-refractivity contribution is 6.30. The van der Waals surface area contributed by atoms with Crippen molar-refractivity contribution < 1.29 is 9.72 Å². The number of allylic oxidation sites excluding steroid dienone is 1. The number of hydrogen-bond donors (Lipinski definition) is 0. The first-order valence-corrected chi connectivity index (χ1v) is 6.17. The van der Waals surface area contributed by atoms with Crippen molar-refractivity contribution in [2.24, 2.45) is 0 Å². The Hall–Kier alpha value is -2.46. The largest absolute Gasteiger partial charge is 0.317 e. The summed E-state index contributed by atoms with van der Waals surface area (Å²) in [6, 6.07) is 14.6. The van der Waals surface area contributed by atoms with Gasteiger partial charge in [0.25, 0.3) is 5.78 Å². The quantitative estimate of drug-likeness (QED) is 0.371. The standard InChI is InChI=1S/C15H10ClNO3/c16-13-8-6-11(7-9-13)10-14(17(19)20)15(18)12-4-2-1-3-5-12/h1-10H. The summed E-state index contributed by atoms with van der Waals surface area (Å²) in [4.78, 5) is 22.5. The molecule has 0 bridgehead atoms. The molecular formula is C15H10ClNO3. The maximum atomic E-state index is 12.1. The van der Waals surface area contributed by atoms with Gasteiger partial charge >= 0.3 is 5.70 Å². The molecule has 20 heavy (non-hydrogen) atoms. The minimum atomic E-state index is -0.677. The first-order chi connectivity index (χ1) is 9.58. The lowest BCUT2D eigenvalue weighted by atomic mass is 10.1. The Morgan fingerprint density at radius 2 is 1.65 bits per heavy atom. The van der Waals surface area contributed by atoms with Gasteiger partial charge in [0.05, 0.1) is 4.92 Å². The molecule has 100 valence electrons. The van der Waals surface area contributed by atoms with E-state index in [0.717, 1.165) is 0 Å². The monoisotopic (exact) mass is 287 g/mol. The zero-order valence-electron chi connectivity index (χ0n) is 10.3. The number of benzene rings is 2. The van der Waals surface area contributed by atoms with Gasteiger partial charge in [0.2, 0.25) is 0 Å². The minimum absolute atomic E-state index is 0.282. The SMILES string of the molecule is O=C(C(=Cc1ccc(Cl)cc1)[N+](=O)[O-])c1ccccc1. The lowest BCUT2D eigenvalue weighted by Gasteiger charge is -1.99. The third-order valence-corrected chi connectivity index (χ3v) is 2.89. The predicted octanol–water partition coefficient (Wildman–Crippen LogP) is 3.84. The van der Waals surface area contributed by atoms with Crippen LogP contribution < -0.4 is 0 Å². The summed E-state index contributed by atoms with van der Waals surface area (Å²) < 4.78 is 0. The van der Waals surface area contributed by atoms with Crippen molar-refractivity contribution in [1.29, 1.82) is 0 Å². The molecule has 4 nitrogen and oxygen atoms in total. The Labute approximate surface area is 120 Å². The van der Waals surface area contributed by atoms with Crippen molar-refractivity contribution in [3.05, 3.63) is 86.6 Å². The fourth-order valence-electron chi connectivity index (χ4n) is 1.66. The van der Waals surface area contributed by atoms with Gasteiger partial charge in [0, 0.05) is 16.7 Å². The van der Waals surface area contributed by atoms with Gasteiger partial charge in [-0.15, -0.1) is 0 Å². The fraction of sp³-hybridized carbons (Fsp3) is 0. The van der Waals surface area contributed by atoms with Crippen LogP contribution in [0.1, 0.15) is 15.9 Å². The molecule has 0 saturated heterocycles. The van der Waals surface area contributed by atoms with Crippen LogP contribution in [0.4, 0.5) is 0 Å². The molecule has 0 fully saturated rings. The molecule has 0 unspecified atom stereocenters. The van der Waals surface area contributed by atoms with Crippen LogP contribution in [0, 0.1) is 10.1 Å². The number of rotatable bonds is 4. The fourth-order valence-corrected chi connectivity index (χ4v) is 1.78. The van der Waals surface area contributed by atoms with Crippen molar-refractivity contribution >= 4 is 23.5 Å². The van der Waals surface area contributed by atoms with Crippen LogP contribution >= 0.6 is 11.6 Å². The molecule has 2 aromatic carbocycles. The van der Waals surface area contributed by atoms with E-state index in [-0.39, 0.29) is 5.56 Å². The molecule has 0 aliphatic carbocycles. The molecule has 0 aliphatic rings. The molecule has 0 aromatic heterocycles. The van der Waals surface area contributed by atoms with Gasteiger partial charge in [-0.05, 0) is 17.7 Å². The summed E-state index contributed by atoms with van der Waals surface area (Å²) in [5.41, 5.74) is 0.355. The second-order valence-corrected chi connectivity index (χ2v) is 4.47. The van der Waals surface area contributed by atoms with E-state index in [2.05, 4.69) is 0 Å². The zero-order chi connectivity index (χ0) is 14.5. The van der Waals surface area contributed by atoms with Gasteiger partial charge in [-0.3, -0.25) is 14.9 Å². The van der Waals surface area contributed by atoms with Crippen LogP contribution in [-0.2, 0) is 0 Å². The number of ketones is 1. The van der Waals surface area contributed by atoms with E-state index in [9.17, 15) is 14.9 Å². The average Bonchev–Trinajstić information content (AvgIpc) is 2.46. The highest BCUT2D eigenvalue weighted by Gasteiger charge is 2.23. The van der Waals surface area contributed by atoms with Gasteiger partial charge in [-0.2, -0.15) is 0 Å². The molecule has 0 heterocycles. The maximum absolute atomic E-state index is 12.1. The highest BCUT2D eigenvalue weighted by Crippen LogP contribution is 2.16. The summed E-state index contributed by atoms with van der Waals surface area (Å²) in [6.07, 6.45) is 1.24. The van der Waals surface area contributed by atoms with Crippen LogP contribution in [-0.4, -0.2) is 10.7 Å². The van der Waals surface area contributed by atoms with E-state index >= 15 is 0 Å². The van der Waals surface area contributed by atoms with Crippen molar-refractivity contribution in [2.75, 3.05) is 0 Å². The average molecular weight is 288 g/mol. The number of hydrogen-bond acceptors (Lipinski definition) is 3. The lowest BCUT2D eigenvalue weighted by molar-refractivity contribution is -0.415. The highest BCUT2D eigenvalue weighted by atomic mass is 35.5. The third kappa shape index (κ3) is 3.30. The molecule has 2 rings (SSSR count). The maximum Gasteiger partial charge on any atom is 0.317 e. The summed E-state index contributed by atoms with van der Waals surface area (Å²) in [7, 11) is 0. The van der Waals surface area contributed by atoms with Gasteiger partial charge in [-0.1, -0.05) is 54.1 Å². The van der Waals surface area contributed by atoms with Crippen molar-refractivity contribution in [2.45, 2.75) is 0 Å². The second-order valence-electron chi connectivity index (χ2n) is 4.03. The Morgan fingerprint density at radius 1 is 1.05 bits per heavy atom. The lowest BCUT2D eigenvalue weighted by Crippen LogP contribution is -2.11.